The lowest BCUT2D eigenvalue weighted by Crippen LogP contribution is -2.06. The number of hydrogen-bond acceptors (Lipinski definition) is 4. The van der Waals surface area contributed by atoms with Crippen LogP contribution in [0.4, 0.5) is 0 Å². The Hall–Kier alpha value is -2.95. The van der Waals surface area contributed by atoms with Gasteiger partial charge in [-0.3, -0.25) is 0 Å². The molecular weight excluding hydrogens is 252 g/mol. The van der Waals surface area contributed by atoms with E-state index in [1.807, 2.05) is 60.7 Å². The molecule has 20 heavy (non-hydrogen) atoms. The molecule has 1 aromatic heterocycles. The Kier molecular flexibility index (Phi) is 3.24. The number of benzene rings is 2. The van der Waals surface area contributed by atoms with E-state index in [1.165, 1.54) is 0 Å². The first kappa shape index (κ1) is 12.1. The largest absolute Gasteiger partial charge is 0.410 e. The van der Waals surface area contributed by atoms with Gasteiger partial charge in [0.05, 0.1) is 5.69 Å². The monoisotopic (exact) mass is 264 g/mol. The van der Waals surface area contributed by atoms with Gasteiger partial charge < -0.3 is 5.21 Å². The van der Waals surface area contributed by atoms with Gasteiger partial charge in [0.15, 0.2) is 5.71 Å². The van der Waals surface area contributed by atoms with Gasteiger partial charge in [-0.2, -0.15) is 0 Å². The Morgan fingerprint density at radius 1 is 0.950 bits per heavy atom. The lowest BCUT2D eigenvalue weighted by atomic mass is 10.1. The Bertz CT molecular complexity index is 720. The van der Waals surface area contributed by atoms with Gasteiger partial charge in [-0.15, -0.1) is 5.10 Å². The maximum atomic E-state index is 9.21. The first-order valence-corrected chi connectivity index (χ1v) is 6.13. The first-order valence-electron chi connectivity index (χ1n) is 6.13. The summed E-state index contributed by atoms with van der Waals surface area (Å²) in [5.41, 5.74) is 2.01. The van der Waals surface area contributed by atoms with Crippen LogP contribution in [0.2, 0.25) is 0 Å². The smallest absolute Gasteiger partial charge is 0.204 e. The van der Waals surface area contributed by atoms with Crippen molar-refractivity contribution in [2.45, 2.75) is 0 Å². The highest BCUT2D eigenvalue weighted by Crippen LogP contribution is 2.09. The molecule has 1 heterocycles. The van der Waals surface area contributed by atoms with Crippen molar-refractivity contribution in [1.29, 1.82) is 0 Å². The minimum absolute atomic E-state index is 0.347. The lowest BCUT2D eigenvalue weighted by Gasteiger charge is -2.00. The fourth-order valence-electron chi connectivity index (χ4n) is 1.90. The molecule has 5 nitrogen and oxygen atoms in total. The summed E-state index contributed by atoms with van der Waals surface area (Å²) in [7, 11) is 0. The second-order valence-electron chi connectivity index (χ2n) is 4.16. The van der Waals surface area contributed by atoms with Crippen molar-refractivity contribution in [1.82, 2.24) is 14.8 Å². The van der Waals surface area contributed by atoms with Crippen LogP contribution in [0.25, 0.3) is 5.69 Å². The Labute approximate surface area is 115 Å². The van der Waals surface area contributed by atoms with Crippen molar-refractivity contribution in [2.24, 2.45) is 5.16 Å². The lowest BCUT2D eigenvalue weighted by molar-refractivity contribution is 0.319. The van der Waals surface area contributed by atoms with E-state index in [1.54, 1.807) is 11.0 Å². The fourth-order valence-corrected chi connectivity index (χ4v) is 1.90. The second kappa shape index (κ2) is 5.36. The predicted molar refractivity (Wildman–Crippen MR) is 75.2 cm³/mol. The summed E-state index contributed by atoms with van der Waals surface area (Å²) in [6.45, 7) is 0. The van der Waals surface area contributed by atoms with Gasteiger partial charge in [0, 0.05) is 5.56 Å². The Morgan fingerprint density at radius 3 is 2.25 bits per heavy atom. The van der Waals surface area contributed by atoms with E-state index in [-0.39, 0.29) is 0 Å². The van der Waals surface area contributed by atoms with Crippen LogP contribution < -0.4 is 0 Å². The Balaban J connectivity index is 1.98. The van der Waals surface area contributed by atoms with Crippen molar-refractivity contribution in [3.8, 4) is 5.69 Å². The van der Waals surface area contributed by atoms with E-state index < -0.39 is 0 Å². The molecule has 0 atom stereocenters. The highest BCUT2D eigenvalue weighted by Gasteiger charge is 2.13. The maximum Gasteiger partial charge on any atom is 0.204 e. The third kappa shape index (κ3) is 2.29. The van der Waals surface area contributed by atoms with Gasteiger partial charge in [0.2, 0.25) is 5.82 Å². The third-order valence-electron chi connectivity index (χ3n) is 2.87. The second-order valence-corrected chi connectivity index (χ2v) is 4.16. The zero-order valence-corrected chi connectivity index (χ0v) is 10.6. The molecule has 0 fully saturated rings. The highest BCUT2D eigenvalue weighted by atomic mass is 16.4. The molecule has 1 N–H and O–H groups in total. The molecule has 2 aromatic carbocycles. The zero-order valence-electron chi connectivity index (χ0n) is 10.6. The van der Waals surface area contributed by atoms with E-state index in [4.69, 9.17) is 0 Å². The molecule has 5 heteroatoms. The van der Waals surface area contributed by atoms with E-state index >= 15 is 0 Å². The summed E-state index contributed by atoms with van der Waals surface area (Å²) in [6.07, 6.45) is 1.60. The quantitative estimate of drug-likeness (QED) is 0.449. The summed E-state index contributed by atoms with van der Waals surface area (Å²) >= 11 is 0. The molecule has 98 valence electrons. The van der Waals surface area contributed by atoms with Crippen LogP contribution in [0, 0.1) is 0 Å². The van der Waals surface area contributed by atoms with Crippen molar-refractivity contribution < 1.29 is 5.21 Å². The zero-order chi connectivity index (χ0) is 13.8. The SMILES string of the molecule is O/N=C(/c1ccccc1)c1ncn(-c2ccccc2)n1. The van der Waals surface area contributed by atoms with Crippen LogP contribution >= 0.6 is 0 Å². The number of aromatic nitrogens is 3. The fraction of sp³-hybridized carbons (Fsp3) is 0. The molecule has 0 aliphatic rings. The van der Waals surface area contributed by atoms with E-state index in [2.05, 4.69) is 15.2 Å². The van der Waals surface area contributed by atoms with Gasteiger partial charge in [0.1, 0.15) is 6.33 Å². The molecule has 0 spiro atoms. The highest BCUT2D eigenvalue weighted by molar-refractivity contribution is 6.10. The average molecular weight is 264 g/mol. The van der Waals surface area contributed by atoms with Crippen molar-refractivity contribution >= 4 is 5.71 Å². The van der Waals surface area contributed by atoms with Gasteiger partial charge >= 0.3 is 0 Å². The minimum Gasteiger partial charge on any atom is -0.410 e. The van der Waals surface area contributed by atoms with E-state index in [0.717, 1.165) is 11.3 Å². The predicted octanol–water partition coefficient (Wildman–Crippen LogP) is 2.49. The molecule has 3 rings (SSSR count). The van der Waals surface area contributed by atoms with Crippen molar-refractivity contribution in [3.63, 3.8) is 0 Å². The molecule has 0 bridgehead atoms. The summed E-state index contributed by atoms with van der Waals surface area (Å²) in [4.78, 5) is 4.20. The number of rotatable bonds is 3. The summed E-state index contributed by atoms with van der Waals surface area (Å²) in [5.74, 6) is 0.377. The first-order chi connectivity index (χ1) is 9.88. The molecule has 0 unspecified atom stereocenters. The summed E-state index contributed by atoms with van der Waals surface area (Å²) < 4.78 is 1.64. The number of hydrogen-bond donors (Lipinski definition) is 1. The van der Waals surface area contributed by atoms with Crippen molar-refractivity contribution in [3.05, 3.63) is 78.4 Å². The van der Waals surface area contributed by atoms with E-state index in [9.17, 15) is 5.21 Å². The van der Waals surface area contributed by atoms with Gasteiger partial charge in [0.25, 0.3) is 0 Å². The molecule has 0 saturated heterocycles. The number of nitrogens with zero attached hydrogens (tertiary/aromatic N) is 4. The third-order valence-corrected chi connectivity index (χ3v) is 2.87. The van der Waals surface area contributed by atoms with Crippen LogP contribution in [0.1, 0.15) is 11.4 Å². The van der Waals surface area contributed by atoms with Crippen LogP contribution in [0.15, 0.2) is 72.1 Å². The number of para-hydroxylation sites is 1. The number of oxime groups is 1. The minimum atomic E-state index is 0.347. The van der Waals surface area contributed by atoms with Crippen LogP contribution in [0.5, 0.6) is 0 Å². The average Bonchev–Trinajstić information content (AvgIpc) is 3.00. The summed E-state index contributed by atoms with van der Waals surface area (Å²) in [5, 5.41) is 16.9. The molecule has 0 aliphatic heterocycles. The standard InChI is InChI=1S/C15H12N4O/c20-18-14(12-7-3-1-4-8-12)15-16-11-19(17-15)13-9-5-2-6-10-13/h1-11,20H/b18-14-. The molecular formula is C15H12N4O. The molecule has 0 amide bonds. The topological polar surface area (TPSA) is 63.3 Å². The van der Waals surface area contributed by atoms with Gasteiger partial charge in [-0.05, 0) is 12.1 Å². The van der Waals surface area contributed by atoms with Crippen molar-refractivity contribution in [2.75, 3.05) is 0 Å². The van der Waals surface area contributed by atoms with E-state index in [0.29, 0.717) is 11.5 Å². The van der Waals surface area contributed by atoms with Crippen LogP contribution in [-0.4, -0.2) is 25.7 Å². The molecule has 3 aromatic rings. The Morgan fingerprint density at radius 2 is 1.60 bits per heavy atom. The molecule has 0 aliphatic carbocycles. The van der Waals surface area contributed by atoms with Gasteiger partial charge in [-0.1, -0.05) is 53.7 Å². The molecule has 0 saturated carbocycles. The normalized spacial score (nSPS) is 11.5. The van der Waals surface area contributed by atoms with Crippen LogP contribution in [-0.2, 0) is 0 Å². The van der Waals surface area contributed by atoms with Gasteiger partial charge in [-0.25, -0.2) is 9.67 Å². The summed E-state index contributed by atoms with van der Waals surface area (Å²) in [6, 6.07) is 19.0. The maximum absolute atomic E-state index is 9.21. The van der Waals surface area contributed by atoms with Crippen LogP contribution in [0.3, 0.4) is 0 Å². The molecule has 0 radical (unpaired) electrons.